The first kappa shape index (κ1) is 16.1. The lowest BCUT2D eigenvalue weighted by atomic mass is 10.4. The summed E-state index contributed by atoms with van der Waals surface area (Å²) in [5.41, 5.74) is 0. The highest BCUT2D eigenvalue weighted by atomic mass is 32.2. The highest BCUT2D eigenvalue weighted by molar-refractivity contribution is 7.92. The second kappa shape index (κ2) is 5.97. The topological polar surface area (TPSA) is 116 Å². The van der Waals surface area contributed by atoms with Gasteiger partial charge in [-0.1, -0.05) is 12.1 Å². The maximum atomic E-state index is 12.1. The van der Waals surface area contributed by atoms with Gasteiger partial charge in [-0.05, 0) is 19.1 Å². The second-order valence-electron chi connectivity index (χ2n) is 3.97. The number of ether oxygens (including phenoxy) is 1. The Balaban J connectivity index is 3.23. The summed E-state index contributed by atoms with van der Waals surface area (Å²) in [6.45, 7) is 1.76. The minimum atomic E-state index is -4.12. The molecule has 0 bridgehead atoms. The van der Waals surface area contributed by atoms with Crippen molar-refractivity contribution in [3.63, 3.8) is 0 Å². The van der Waals surface area contributed by atoms with Crippen molar-refractivity contribution in [1.82, 2.24) is 4.72 Å². The van der Waals surface area contributed by atoms with Gasteiger partial charge in [-0.2, -0.15) is 0 Å². The van der Waals surface area contributed by atoms with Crippen LogP contribution < -0.4 is 9.86 Å². The van der Waals surface area contributed by atoms with E-state index >= 15 is 0 Å². The summed E-state index contributed by atoms with van der Waals surface area (Å²) in [6.07, 6.45) is 0. The molecule has 108 valence electrons. The van der Waals surface area contributed by atoms with Crippen LogP contribution in [0.25, 0.3) is 0 Å². The zero-order chi connectivity index (χ0) is 14.7. The monoisotopic (exact) mass is 308 g/mol. The fraction of sp³-hybridized carbons (Fsp3) is 0.400. The Morgan fingerprint density at radius 3 is 2.21 bits per heavy atom. The number of methoxy groups -OCH3 is 1. The maximum Gasteiger partial charge on any atom is 0.242 e. The van der Waals surface area contributed by atoms with Crippen LogP contribution in [0.3, 0.4) is 0 Å². The predicted octanol–water partition coefficient (Wildman–Crippen LogP) is -0.353. The van der Waals surface area contributed by atoms with E-state index in [1.54, 1.807) is 6.92 Å². The third kappa shape index (κ3) is 4.25. The van der Waals surface area contributed by atoms with Crippen molar-refractivity contribution in [2.75, 3.05) is 13.7 Å². The first-order chi connectivity index (χ1) is 8.68. The van der Waals surface area contributed by atoms with Gasteiger partial charge in [0.15, 0.2) is 0 Å². The van der Waals surface area contributed by atoms with Crippen molar-refractivity contribution in [2.24, 2.45) is 5.14 Å². The fourth-order valence-corrected chi connectivity index (χ4v) is 4.13. The summed E-state index contributed by atoms with van der Waals surface area (Å²) in [6, 6.07) is 4.65. The van der Waals surface area contributed by atoms with E-state index in [1.807, 2.05) is 0 Å². The lowest BCUT2D eigenvalue weighted by Crippen LogP contribution is -2.36. The van der Waals surface area contributed by atoms with E-state index in [0.29, 0.717) is 0 Å². The number of sulfonamides is 2. The van der Waals surface area contributed by atoms with Gasteiger partial charge in [-0.3, -0.25) is 0 Å². The lowest BCUT2D eigenvalue weighted by Gasteiger charge is -2.14. The summed E-state index contributed by atoms with van der Waals surface area (Å²) in [5.74, 6) is 0. The van der Waals surface area contributed by atoms with E-state index in [-0.39, 0.29) is 11.5 Å². The van der Waals surface area contributed by atoms with Crippen LogP contribution in [0.4, 0.5) is 0 Å². The largest absolute Gasteiger partial charge is 0.383 e. The molecule has 0 aliphatic heterocycles. The van der Waals surface area contributed by atoms with Gasteiger partial charge in [0.1, 0.15) is 9.79 Å². The zero-order valence-corrected chi connectivity index (χ0v) is 12.2. The molecule has 0 spiro atoms. The van der Waals surface area contributed by atoms with Gasteiger partial charge in [0, 0.05) is 13.2 Å². The Morgan fingerprint density at radius 1 is 1.21 bits per heavy atom. The molecule has 0 amide bonds. The normalized spacial score (nSPS) is 14.3. The van der Waals surface area contributed by atoms with Crippen LogP contribution in [0.1, 0.15) is 6.92 Å². The van der Waals surface area contributed by atoms with Crippen molar-refractivity contribution in [3.05, 3.63) is 24.3 Å². The van der Waals surface area contributed by atoms with E-state index < -0.39 is 31.0 Å². The van der Waals surface area contributed by atoms with Crippen LogP contribution in [-0.2, 0) is 24.8 Å². The Morgan fingerprint density at radius 2 is 1.74 bits per heavy atom. The summed E-state index contributed by atoms with van der Waals surface area (Å²) >= 11 is 0. The molecule has 0 aliphatic carbocycles. The zero-order valence-electron chi connectivity index (χ0n) is 10.5. The van der Waals surface area contributed by atoms with Gasteiger partial charge in [0.2, 0.25) is 20.0 Å². The van der Waals surface area contributed by atoms with Gasteiger partial charge in [-0.15, -0.1) is 0 Å². The highest BCUT2D eigenvalue weighted by Crippen LogP contribution is 2.19. The van der Waals surface area contributed by atoms with Gasteiger partial charge < -0.3 is 4.74 Å². The van der Waals surface area contributed by atoms with Crippen molar-refractivity contribution >= 4 is 20.0 Å². The summed E-state index contributed by atoms with van der Waals surface area (Å²) in [4.78, 5) is -0.812. The minimum absolute atomic E-state index is 0.163. The Labute approximate surface area is 112 Å². The number of nitrogens with one attached hydrogen (secondary N) is 1. The third-order valence-electron chi connectivity index (χ3n) is 2.22. The Kier molecular flexibility index (Phi) is 5.04. The lowest BCUT2D eigenvalue weighted by molar-refractivity contribution is 0.180. The first-order valence-electron chi connectivity index (χ1n) is 5.31. The van der Waals surface area contributed by atoms with Crippen LogP contribution >= 0.6 is 0 Å². The molecule has 9 heteroatoms. The maximum absolute atomic E-state index is 12.1. The summed E-state index contributed by atoms with van der Waals surface area (Å²) in [5, 5.41) is 5.00. The summed E-state index contributed by atoms with van der Waals surface area (Å²) < 4.78 is 54.1. The molecular formula is C10H16N2O5S2. The molecule has 1 aromatic carbocycles. The van der Waals surface area contributed by atoms with Gasteiger partial charge in [-0.25, -0.2) is 26.7 Å². The molecule has 1 aromatic rings. The van der Waals surface area contributed by atoms with E-state index in [1.165, 1.54) is 25.3 Å². The number of hydrogen-bond acceptors (Lipinski definition) is 5. The minimum Gasteiger partial charge on any atom is -0.383 e. The standard InChI is InChI=1S/C10H16N2O5S2/c1-8(7-17-2)12-19(15,16)10-6-4-3-5-9(10)18(11,13)14/h3-6,8,12H,7H2,1-2H3,(H2,11,13,14). The molecule has 0 fully saturated rings. The molecule has 0 aliphatic rings. The van der Waals surface area contributed by atoms with E-state index in [2.05, 4.69) is 4.72 Å². The van der Waals surface area contributed by atoms with Crippen LogP contribution in [-0.4, -0.2) is 36.6 Å². The SMILES string of the molecule is COCC(C)NS(=O)(=O)c1ccccc1S(N)(=O)=O. The van der Waals surface area contributed by atoms with Crippen molar-refractivity contribution in [3.8, 4) is 0 Å². The second-order valence-corrected chi connectivity index (χ2v) is 7.18. The van der Waals surface area contributed by atoms with Crippen LogP contribution in [0, 0.1) is 0 Å². The van der Waals surface area contributed by atoms with Crippen molar-refractivity contribution in [1.29, 1.82) is 0 Å². The number of primary sulfonamides is 1. The van der Waals surface area contributed by atoms with Crippen molar-refractivity contribution in [2.45, 2.75) is 22.8 Å². The van der Waals surface area contributed by atoms with Crippen LogP contribution in [0.15, 0.2) is 34.1 Å². The number of rotatable bonds is 6. The molecule has 3 N–H and O–H groups in total. The molecule has 19 heavy (non-hydrogen) atoms. The molecule has 0 aromatic heterocycles. The van der Waals surface area contributed by atoms with E-state index in [0.717, 1.165) is 6.07 Å². The van der Waals surface area contributed by atoms with Gasteiger partial charge >= 0.3 is 0 Å². The number of benzene rings is 1. The average Bonchev–Trinajstić information content (AvgIpc) is 2.27. The first-order valence-corrected chi connectivity index (χ1v) is 8.34. The molecule has 7 nitrogen and oxygen atoms in total. The fourth-order valence-electron chi connectivity index (χ4n) is 1.52. The van der Waals surface area contributed by atoms with E-state index in [4.69, 9.17) is 9.88 Å². The molecule has 1 rings (SSSR count). The highest BCUT2D eigenvalue weighted by Gasteiger charge is 2.25. The smallest absolute Gasteiger partial charge is 0.242 e. The van der Waals surface area contributed by atoms with Crippen molar-refractivity contribution < 1.29 is 21.6 Å². The van der Waals surface area contributed by atoms with Crippen LogP contribution in [0.2, 0.25) is 0 Å². The molecule has 1 atom stereocenters. The molecule has 0 radical (unpaired) electrons. The Bertz CT molecular complexity index is 640. The quantitative estimate of drug-likeness (QED) is 0.745. The predicted molar refractivity (Wildman–Crippen MR) is 69.5 cm³/mol. The number of nitrogens with two attached hydrogens (primary N) is 1. The summed E-state index contributed by atoms with van der Waals surface area (Å²) in [7, 11) is -6.67. The third-order valence-corrected chi connectivity index (χ3v) is 4.96. The van der Waals surface area contributed by atoms with Gasteiger partial charge in [0.25, 0.3) is 0 Å². The molecule has 0 saturated carbocycles. The molecule has 0 heterocycles. The molecular weight excluding hydrogens is 292 g/mol. The van der Waals surface area contributed by atoms with Gasteiger partial charge in [0.05, 0.1) is 6.61 Å². The molecule has 0 saturated heterocycles. The average molecular weight is 308 g/mol. The molecule has 1 unspecified atom stereocenters. The van der Waals surface area contributed by atoms with E-state index in [9.17, 15) is 16.8 Å². The Hall–Kier alpha value is -1.00. The number of hydrogen-bond donors (Lipinski definition) is 2. The van der Waals surface area contributed by atoms with Crippen LogP contribution in [0.5, 0.6) is 0 Å².